The van der Waals surface area contributed by atoms with E-state index in [-0.39, 0.29) is 12.4 Å². The largest absolute Gasteiger partial charge is 0.469 e. The van der Waals surface area contributed by atoms with Crippen LogP contribution in [0.3, 0.4) is 0 Å². The van der Waals surface area contributed by atoms with E-state index in [9.17, 15) is 4.79 Å². The zero-order valence-electron chi connectivity index (χ0n) is 8.65. The molecule has 0 saturated heterocycles. The highest BCUT2D eigenvalue weighted by molar-refractivity contribution is 5.70. The summed E-state index contributed by atoms with van der Waals surface area (Å²) in [5.41, 5.74) is 5.87. The fourth-order valence-electron chi connectivity index (χ4n) is 1.18. The second kappa shape index (κ2) is 3.79. The summed E-state index contributed by atoms with van der Waals surface area (Å²) in [6.07, 6.45) is 1.91. The van der Waals surface area contributed by atoms with Crippen molar-refractivity contribution < 1.29 is 9.53 Å². The van der Waals surface area contributed by atoms with Crippen molar-refractivity contribution in [1.82, 2.24) is 9.78 Å². The molecule has 0 unspecified atom stereocenters. The first-order chi connectivity index (χ1) is 6.45. The van der Waals surface area contributed by atoms with Gasteiger partial charge in [0, 0.05) is 13.2 Å². The molecule has 1 aromatic heterocycles. The summed E-state index contributed by atoms with van der Waals surface area (Å²) in [6, 6.07) is 1.79. The van der Waals surface area contributed by atoms with Crippen LogP contribution in [0.25, 0.3) is 0 Å². The minimum absolute atomic E-state index is 0.126. The summed E-state index contributed by atoms with van der Waals surface area (Å²) in [5, 5.41) is 4.15. The third-order valence-electron chi connectivity index (χ3n) is 2.04. The van der Waals surface area contributed by atoms with E-state index in [1.165, 1.54) is 7.11 Å². The van der Waals surface area contributed by atoms with Crippen LogP contribution in [0.15, 0.2) is 12.3 Å². The van der Waals surface area contributed by atoms with Crippen molar-refractivity contribution in [3.05, 3.63) is 18.0 Å². The summed E-state index contributed by atoms with van der Waals surface area (Å²) in [7, 11) is 3.15. The van der Waals surface area contributed by atoms with Gasteiger partial charge >= 0.3 is 5.97 Å². The van der Waals surface area contributed by atoms with Crippen LogP contribution in [-0.4, -0.2) is 22.9 Å². The molecule has 0 saturated carbocycles. The average Bonchev–Trinajstić information content (AvgIpc) is 2.51. The highest BCUT2D eigenvalue weighted by Gasteiger charge is 2.27. The van der Waals surface area contributed by atoms with Gasteiger partial charge in [-0.25, -0.2) is 0 Å². The van der Waals surface area contributed by atoms with Gasteiger partial charge in [-0.1, -0.05) is 0 Å². The van der Waals surface area contributed by atoms with Crippen LogP contribution in [0.2, 0.25) is 0 Å². The Morgan fingerprint density at radius 3 is 2.86 bits per heavy atom. The minimum Gasteiger partial charge on any atom is -0.469 e. The Kier molecular flexibility index (Phi) is 2.90. The first-order valence-corrected chi connectivity index (χ1v) is 4.31. The van der Waals surface area contributed by atoms with Crippen molar-refractivity contribution in [3.63, 3.8) is 0 Å². The lowest BCUT2D eigenvalue weighted by molar-refractivity contribution is -0.142. The van der Waals surface area contributed by atoms with Gasteiger partial charge in [0.25, 0.3) is 0 Å². The number of nitrogens with two attached hydrogens (primary N) is 1. The van der Waals surface area contributed by atoms with Crippen LogP contribution in [0.5, 0.6) is 0 Å². The van der Waals surface area contributed by atoms with E-state index in [1.807, 2.05) is 0 Å². The van der Waals surface area contributed by atoms with Gasteiger partial charge in [0.15, 0.2) is 0 Å². The van der Waals surface area contributed by atoms with Gasteiger partial charge in [0.2, 0.25) is 0 Å². The normalized spacial score (nSPS) is 14.9. The zero-order chi connectivity index (χ0) is 10.8. The van der Waals surface area contributed by atoms with Gasteiger partial charge in [-0.2, -0.15) is 5.10 Å². The van der Waals surface area contributed by atoms with Gasteiger partial charge in [0.1, 0.15) is 0 Å². The molecule has 14 heavy (non-hydrogen) atoms. The van der Waals surface area contributed by atoms with Crippen LogP contribution in [-0.2, 0) is 22.1 Å². The number of aromatic nitrogens is 2. The van der Waals surface area contributed by atoms with E-state index in [0.29, 0.717) is 5.69 Å². The predicted octanol–water partition coefficient (Wildman–Crippen LogP) is 0.157. The Morgan fingerprint density at radius 1 is 1.79 bits per heavy atom. The van der Waals surface area contributed by atoms with Crippen LogP contribution < -0.4 is 5.73 Å². The van der Waals surface area contributed by atoms with E-state index in [0.717, 1.165) is 0 Å². The number of nitrogens with zero attached hydrogens (tertiary/aromatic N) is 2. The maximum absolute atomic E-state index is 11.1. The Bertz CT molecular complexity index is 331. The number of hydrogen-bond donors (Lipinski definition) is 1. The lowest BCUT2D eigenvalue weighted by Crippen LogP contribution is -2.36. The number of rotatable bonds is 3. The van der Waals surface area contributed by atoms with Crippen LogP contribution in [0.4, 0.5) is 0 Å². The monoisotopic (exact) mass is 197 g/mol. The molecule has 0 radical (unpaired) electrons. The van der Waals surface area contributed by atoms with Gasteiger partial charge in [0.05, 0.1) is 24.8 Å². The Balaban J connectivity index is 2.79. The quantitative estimate of drug-likeness (QED) is 0.700. The Morgan fingerprint density at radius 2 is 2.43 bits per heavy atom. The molecule has 5 heteroatoms. The van der Waals surface area contributed by atoms with E-state index < -0.39 is 5.54 Å². The van der Waals surface area contributed by atoms with Gasteiger partial charge in [-0.05, 0) is 13.0 Å². The first kappa shape index (κ1) is 10.7. The molecule has 0 aliphatic rings. The molecule has 0 bridgehead atoms. The number of ether oxygens (including phenoxy) is 1. The van der Waals surface area contributed by atoms with Crippen LogP contribution in [0.1, 0.15) is 19.0 Å². The lowest BCUT2D eigenvalue weighted by atomic mass is 9.95. The molecule has 1 heterocycles. The number of esters is 1. The van der Waals surface area contributed by atoms with Crippen molar-refractivity contribution in [2.45, 2.75) is 18.9 Å². The second-order valence-corrected chi connectivity index (χ2v) is 3.55. The number of hydrogen-bond acceptors (Lipinski definition) is 4. The maximum atomic E-state index is 11.1. The third kappa shape index (κ3) is 2.32. The summed E-state index contributed by atoms with van der Waals surface area (Å²) in [5.74, 6) is -0.333. The zero-order valence-corrected chi connectivity index (χ0v) is 8.65. The van der Waals surface area contributed by atoms with Crippen molar-refractivity contribution in [2.24, 2.45) is 12.8 Å². The average molecular weight is 197 g/mol. The highest BCUT2D eigenvalue weighted by atomic mass is 16.5. The topological polar surface area (TPSA) is 70.1 Å². The molecular weight excluding hydrogens is 182 g/mol. The standard InChI is InChI=1S/C9H15N3O2/c1-9(10,6-8(13)14-3)7-4-5-12(2)11-7/h4-5H,6,10H2,1-3H3/t9-/m0/s1. The molecule has 0 aliphatic heterocycles. The molecule has 2 N–H and O–H groups in total. The van der Waals surface area contributed by atoms with Crippen molar-refractivity contribution in [2.75, 3.05) is 7.11 Å². The minimum atomic E-state index is -0.769. The second-order valence-electron chi connectivity index (χ2n) is 3.55. The third-order valence-corrected chi connectivity index (χ3v) is 2.04. The summed E-state index contributed by atoms with van der Waals surface area (Å²) >= 11 is 0. The van der Waals surface area contributed by atoms with Gasteiger partial charge < -0.3 is 10.5 Å². The summed E-state index contributed by atoms with van der Waals surface area (Å²) in [4.78, 5) is 11.1. The molecule has 5 nitrogen and oxygen atoms in total. The molecule has 78 valence electrons. The Labute approximate surface area is 82.8 Å². The number of carbonyl (C=O) groups is 1. The SMILES string of the molecule is COC(=O)C[C@](C)(N)c1ccn(C)n1. The molecular formula is C9H15N3O2. The summed E-state index contributed by atoms with van der Waals surface area (Å²) < 4.78 is 6.21. The number of methoxy groups -OCH3 is 1. The van der Waals surface area contributed by atoms with Crippen LogP contribution >= 0.6 is 0 Å². The molecule has 0 spiro atoms. The van der Waals surface area contributed by atoms with E-state index in [1.54, 1.807) is 30.9 Å². The van der Waals surface area contributed by atoms with Crippen molar-refractivity contribution in [3.8, 4) is 0 Å². The van der Waals surface area contributed by atoms with Crippen molar-refractivity contribution in [1.29, 1.82) is 0 Å². The van der Waals surface area contributed by atoms with Crippen molar-refractivity contribution >= 4 is 5.97 Å². The predicted molar refractivity (Wildman–Crippen MR) is 51.4 cm³/mol. The first-order valence-electron chi connectivity index (χ1n) is 4.31. The Hall–Kier alpha value is -1.36. The van der Waals surface area contributed by atoms with Gasteiger partial charge in [-0.3, -0.25) is 9.48 Å². The molecule has 1 rings (SSSR count). The van der Waals surface area contributed by atoms with E-state index in [4.69, 9.17) is 5.73 Å². The molecule has 1 aromatic rings. The van der Waals surface area contributed by atoms with Crippen LogP contribution in [0, 0.1) is 0 Å². The van der Waals surface area contributed by atoms with E-state index in [2.05, 4.69) is 9.84 Å². The molecule has 0 aliphatic carbocycles. The fourth-order valence-corrected chi connectivity index (χ4v) is 1.18. The molecule has 0 fully saturated rings. The number of aryl methyl sites for hydroxylation is 1. The van der Waals surface area contributed by atoms with Gasteiger partial charge in [-0.15, -0.1) is 0 Å². The lowest BCUT2D eigenvalue weighted by Gasteiger charge is -2.20. The molecule has 0 aromatic carbocycles. The maximum Gasteiger partial charge on any atom is 0.307 e. The molecule has 1 atom stereocenters. The summed E-state index contributed by atoms with van der Waals surface area (Å²) in [6.45, 7) is 1.76. The van der Waals surface area contributed by atoms with E-state index >= 15 is 0 Å². The fraction of sp³-hybridized carbons (Fsp3) is 0.556. The molecule has 0 amide bonds. The number of carbonyl (C=O) groups excluding carboxylic acids is 1. The highest BCUT2D eigenvalue weighted by Crippen LogP contribution is 2.19. The smallest absolute Gasteiger partial charge is 0.307 e.